The first kappa shape index (κ1) is 42.3. The number of hydrogen-bond acceptors (Lipinski definition) is 13. The molecule has 3 fully saturated rings. The maximum Gasteiger partial charge on any atom is 0.338 e. The third-order valence-electron chi connectivity index (χ3n) is 13.2. The van der Waals surface area contributed by atoms with Crippen LogP contribution < -0.4 is 5.32 Å². The molecule has 3 aromatic rings. The molecule has 59 heavy (non-hydrogen) atoms. The summed E-state index contributed by atoms with van der Waals surface area (Å²) < 4.78 is 24.4. The maximum atomic E-state index is 15.0. The molecule has 3 aliphatic carbocycles. The molecule has 0 aromatic heterocycles. The lowest BCUT2D eigenvalue weighted by atomic mass is 9.44. The van der Waals surface area contributed by atoms with Crippen LogP contribution in [-0.4, -0.2) is 98.5 Å². The zero-order valence-electron chi connectivity index (χ0n) is 33.4. The quantitative estimate of drug-likeness (QED) is 0.0899. The molecule has 0 unspecified atom stereocenters. The van der Waals surface area contributed by atoms with Crippen molar-refractivity contribution in [1.29, 1.82) is 0 Å². The van der Waals surface area contributed by atoms with Crippen LogP contribution in [0.4, 0.5) is 0 Å². The van der Waals surface area contributed by atoms with Crippen LogP contribution in [0.15, 0.2) is 102 Å². The van der Waals surface area contributed by atoms with Crippen LogP contribution in [0.3, 0.4) is 0 Å². The van der Waals surface area contributed by atoms with Crippen LogP contribution in [0.2, 0.25) is 0 Å². The second-order valence-electron chi connectivity index (χ2n) is 16.8. The summed E-state index contributed by atoms with van der Waals surface area (Å²) in [6, 6.07) is 24.1. The summed E-state index contributed by atoms with van der Waals surface area (Å²) >= 11 is 4.68. The molecule has 1 aliphatic heterocycles. The standard InChI is InChI=1S/C45H49NO12S/c1-24-29(56-41(53)35(59)33(26-15-9-6-10-16-26)46-39(51)27-17-11-7-12-18-27)22-45(54)38(57-40(52)28-19-13-8-14-20-28)36-43(5,37(50)34(49)32(24)42(45,3)4)30(48)21-31-44(36,23-55-31)58-25(2)47/h6-20,29-31,33-36,38,48-49,54,59H,21-23H2,1-5H3,(H,46,51)/t29-,30-,31+,33-,34+,35+,36-,38-,43+,44-,45+/m0/s1. The van der Waals surface area contributed by atoms with E-state index in [9.17, 15) is 34.5 Å². The fourth-order valence-electron chi connectivity index (χ4n) is 9.94. The van der Waals surface area contributed by atoms with Crippen molar-refractivity contribution in [3.05, 3.63) is 119 Å². The van der Waals surface area contributed by atoms with E-state index in [-0.39, 0.29) is 29.7 Å². The van der Waals surface area contributed by atoms with Gasteiger partial charge in [0.25, 0.3) is 5.91 Å². The van der Waals surface area contributed by atoms with Gasteiger partial charge < -0.3 is 39.6 Å². The number of rotatable bonds is 9. The predicted octanol–water partition coefficient (Wildman–Crippen LogP) is 4.10. The second-order valence-corrected chi connectivity index (χ2v) is 17.3. The number of hydrogen-bond donors (Lipinski definition) is 5. The van der Waals surface area contributed by atoms with E-state index in [4.69, 9.17) is 18.9 Å². The number of esters is 3. The molecular weight excluding hydrogens is 779 g/mol. The highest BCUT2D eigenvalue weighted by Crippen LogP contribution is 2.64. The van der Waals surface area contributed by atoms with Crippen molar-refractivity contribution in [1.82, 2.24) is 5.32 Å². The molecule has 0 radical (unpaired) electrons. The first-order valence-corrected chi connectivity index (χ1v) is 20.1. The lowest BCUT2D eigenvalue weighted by molar-refractivity contribution is -0.345. The number of thiol groups is 1. The van der Waals surface area contributed by atoms with E-state index < -0.39 is 106 Å². The topological polar surface area (TPSA) is 195 Å². The van der Waals surface area contributed by atoms with Gasteiger partial charge in [0.1, 0.15) is 35.3 Å². The van der Waals surface area contributed by atoms with Gasteiger partial charge in [-0.05, 0) is 54.8 Å². The third-order valence-corrected chi connectivity index (χ3v) is 13.7. The van der Waals surface area contributed by atoms with Gasteiger partial charge in [-0.15, -0.1) is 0 Å². The lowest BCUT2D eigenvalue weighted by Gasteiger charge is -2.67. The first-order valence-electron chi connectivity index (χ1n) is 19.6. The predicted molar refractivity (Wildman–Crippen MR) is 215 cm³/mol. The molecule has 7 rings (SSSR count). The van der Waals surface area contributed by atoms with Gasteiger partial charge in [-0.3, -0.25) is 19.2 Å². The molecule has 4 N–H and O–H groups in total. The van der Waals surface area contributed by atoms with E-state index in [1.807, 2.05) is 0 Å². The molecule has 3 aromatic carbocycles. The first-order chi connectivity index (χ1) is 27.9. The summed E-state index contributed by atoms with van der Waals surface area (Å²) in [6.07, 6.45) is -8.13. The van der Waals surface area contributed by atoms with Crippen LogP contribution in [0.25, 0.3) is 0 Å². The number of fused-ring (bicyclic) bond motifs is 5. The molecule has 1 amide bonds. The highest BCUT2D eigenvalue weighted by molar-refractivity contribution is 7.81. The fraction of sp³-hybridized carbons (Fsp3) is 0.444. The number of amides is 1. The van der Waals surface area contributed by atoms with Gasteiger partial charge in [0, 0.05) is 30.7 Å². The summed E-state index contributed by atoms with van der Waals surface area (Å²) in [5.74, 6) is -5.36. The average Bonchev–Trinajstić information content (AvgIpc) is 3.21. The summed E-state index contributed by atoms with van der Waals surface area (Å²) in [4.78, 5) is 69.8. The normalized spacial score (nSPS) is 33.0. The minimum Gasteiger partial charge on any atom is -0.457 e. The maximum absolute atomic E-state index is 15.0. The Morgan fingerprint density at radius 3 is 2.02 bits per heavy atom. The Morgan fingerprint density at radius 2 is 1.46 bits per heavy atom. The molecule has 4 aliphatic rings. The molecule has 2 bridgehead atoms. The Kier molecular flexibility index (Phi) is 11.2. The Hall–Kier alpha value is -4.86. The SMILES string of the molecule is CC(=O)O[C@@]12CO[C@@H]1C[C@H](O)[C@@]1(C)C(=O)[C@H](O)C3=C(C)[C@@H](OC(=O)[C@H](S)[C@@H](NC(=O)c4ccccc4)c4ccccc4)C[C@@](O)([C@@H](OC(=O)c4ccccc4)[C@H]21)C3(C)C. The number of carbonyl (C=O) groups excluding carboxylic acids is 5. The summed E-state index contributed by atoms with van der Waals surface area (Å²) in [5, 5.41) is 39.2. The zero-order valence-corrected chi connectivity index (χ0v) is 34.3. The van der Waals surface area contributed by atoms with Gasteiger partial charge in [0.15, 0.2) is 11.4 Å². The van der Waals surface area contributed by atoms with Gasteiger partial charge >= 0.3 is 17.9 Å². The summed E-state index contributed by atoms with van der Waals surface area (Å²) in [6.45, 7) is 7.08. The van der Waals surface area contributed by atoms with Crippen LogP contribution in [0, 0.1) is 16.7 Å². The fourth-order valence-corrected chi connectivity index (χ4v) is 10.2. The highest BCUT2D eigenvalue weighted by atomic mass is 32.1. The number of aliphatic hydroxyl groups excluding tert-OH is 2. The molecule has 11 atom stereocenters. The minimum absolute atomic E-state index is 0.00269. The number of carbonyl (C=O) groups is 5. The highest BCUT2D eigenvalue weighted by Gasteiger charge is 2.78. The smallest absolute Gasteiger partial charge is 0.338 e. The Balaban J connectivity index is 1.34. The van der Waals surface area contributed by atoms with Gasteiger partial charge in [0.05, 0.1) is 35.6 Å². The van der Waals surface area contributed by atoms with E-state index in [0.717, 1.165) is 0 Å². The third kappa shape index (κ3) is 6.88. The van der Waals surface area contributed by atoms with Crippen molar-refractivity contribution in [2.45, 2.75) is 100 Å². The van der Waals surface area contributed by atoms with Crippen molar-refractivity contribution in [2.75, 3.05) is 6.61 Å². The van der Waals surface area contributed by atoms with Crippen LogP contribution >= 0.6 is 12.6 Å². The molecule has 13 nitrogen and oxygen atoms in total. The number of aliphatic hydroxyl groups is 3. The van der Waals surface area contributed by atoms with E-state index in [0.29, 0.717) is 11.1 Å². The van der Waals surface area contributed by atoms with Crippen molar-refractivity contribution >= 4 is 42.2 Å². The van der Waals surface area contributed by atoms with Crippen molar-refractivity contribution < 1.29 is 58.2 Å². The Bertz CT molecular complexity index is 2160. The molecule has 2 saturated carbocycles. The Labute approximate surface area is 347 Å². The summed E-state index contributed by atoms with van der Waals surface area (Å²) in [5.41, 5.74) is -6.30. The van der Waals surface area contributed by atoms with Crippen molar-refractivity contribution in [3.8, 4) is 0 Å². The van der Waals surface area contributed by atoms with E-state index in [2.05, 4.69) is 17.9 Å². The van der Waals surface area contributed by atoms with Crippen LogP contribution in [0.5, 0.6) is 0 Å². The zero-order chi connectivity index (χ0) is 42.7. The molecule has 0 spiro atoms. The van der Waals surface area contributed by atoms with E-state index in [1.54, 1.807) is 99.6 Å². The molecular formula is C45H49NO12S. The van der Waals surface area contributed by atoms with E-state index in [1.165, 1.54) is 26.0 Å². The van der Waals surface area contributed by atoms with Gasteiger partial charge in [0.2, 0.25) is 0 Å². The van der Waals surface area contributed by atoms with Gasteiger partial charge in [-0.25, -0.2) is 4.79 Å². The number of Topliss-reactive ketones (excluding diaryl/α,β-unsaturated/α-hetero) is 1. The molecule has 1 saturated heterocycles. The minimum atomic E-state index is -2.29. The molecule has 1 heterocycles. The van der Waals surface area contributed by atoms with Crippen molar-refractivity contribution in [2.24, 2.45) is 16.7 Å². The Morgan fingerprint density at radius 1 is 0.881 bits per heavy atom. The van der Waals surface area contributed by atoms with Gasteiger partial charge in [-0.1, -0.05) is 80.6 Å². The van der Waals surface area contributed by atoms with Crippen LogP contribution in [0.1, 0.15) is 79.8 Å². The number of ketones is 1. The number of nitrogens with one attached hydrogen (secondary N) is 1. The lowest BCUT2D eigenvalue weighted by Crippen LogP contribution is -2.81. The number of benzene rings is 3. The monoisotopic (exact) mass is 827 g/mol. The molecule has 14 heteroatoms. The van der Waals surface area contributed by atoms with Gasteiger partial charge in [-0.2, -0.15) is 12.6 Å². The van der Waals surface area contributed by atoms with Crippen molar-refractivity contribution in [3.63, 3.8) is 0 Å². The van der Waals surface area contributed by atoms with Crippen LogP contribution in [-0.2, 0) is 33.3 Å². The van der Waals surface area contributed by atoms with E-state index >= 15 is 4.79 Å². The molecule has 312 valence electrons. The summed E-state index contributed by atoms with van der Waals surface area (Å²) in [7, 11) is 0. The number of ether oxygens (including phenoxy) is 4. The largest absolute Gasteiger partial charge is 0.457 e. The second kappa shape index (κ2) is 15.6. The average molecular weight is 828 g/mol.